The molecule has 0 saturated carbocycles. The van der Waals surface area contributed by atoms with E-state index in [1.807, 2.05) is 0 Å². The topological polar surface area (TPSA) is 0 Å². The zero-order valence-electron chi connectivity index (χ0n) is 21.6. The first-order valence-corrected chi connectivity index (χ1v) is 13.2. The maximum atomic E-state index is 2.36. The Morgan fingerprint density at radius 2 is 1.03 bits per heavy atom. The molecule has 5 aromatic rings. The molecule has 0 aromatic heterocycles. The van der Waals surface area contributed by atoms with Gasteiger partial charge in [-0.2, -0.15) is 0 Å². The molecule has 0 radical (unpaired) electrons. The highest BCUT2D eigenvalue weighted by atomic mass is 14.3. The molecular formula is C38H30. The van der Waals surface area contributed by atoms with Crippen molar-refractivity contribution < 1.29 is 0 Å². The lowest BCUT2D eigenvalue weighted by molar-refractivity contribution is 1.05. The lowest BCUT2D eigenvalue weighted by atomic mass is 9.77. The van der Waals surface area contributed by atoms with Crippen LogP contribution in [-0.4, -0.2) is 0 Å². The molecule has 1 unspecified atom stereocenters. The van der Waals surface area contributed by atoms with Crippen LogP contribution in [0.15, 0.2) is 151 Å². The van der Waals surface area contributed by atoms with E-state index in [9.17, 15) is 0 Å². The van der Waals surface area contributed by atoms with Crippen LogP contribution in [0.1, 0.15) is 46.2 Å². The highest BCUT2D eigenvalue weighted by molar-refractivity contribution is 6.20. The summed E-state index contributed by atoms with van der Waals surface area (Å²) in [6, 6.07) is 52.1. The normalized spacial score (nSPS) is 15.4. The highest BCUT2D eigenvalue weighted by Crippen LogP contribution is 2.50. The molecule has 0 heterocycles. The molecule has 0 amide bonds. The quantitative estimate of drug-likeness (QED) is 0.165. The molecule has 38 heavy (non-hydrogen) atoms. The van der Waals surface area contributed by atoms with E-state index in [0.717, 1.165) is 0 Å². The molecule has 1 aliphatic rings. The minimum Gasteiger partial charge on any atom is -0.0622 e. The van der Waals surface area contributed by atoms with E-state index >= 15 is 0 Å². The standard InChI is InChI=1S/C38H30/c1-28-26-33-24-14-15-25-34(33)36(28)38(32-22-12-5-13-23-32)37(31-20-10-4-11-21-31)35(30-18-8-3-9-19-30)27-29-16-6-2-7-17-29/h2-27,36H,1H3. The number of hydrogen-bond donors (Lipinski definition) is 0. The molecule has 1 aliphatic carbocycles. The third kappa shape index (κ3) is 4.69. The minimum absolute atomic E-state index is 0.159. The molecule has 0 aliphatic heterocycles. The highest BCUT2D eigenvalue weighted by Gasteiger charge is 2.30. The van der Waals surface area contributed by atoms with E-state index in [1.165, 1.54) is 55.7 Å². The molecule has 0 nitrogen and oxygen atoms in total. The van der Waals surface area contributed by atoms with E-state index in [4.69, 9.17) is 0 Å². The monoisotopic (exact) mass is 486 g/mol. The van der Waals surface area contributed by atoms with Gasteiger partial charge in [0, 0.05) is 5.92 Å². The Bertz CT molecular complexity index is 1620. The Labute approximate surface area is 226 Å². The van der Waals surface area contributed by atoms with Crippen LogP contribution >= 0.6 is 0 Å². The van der Waals surface area contributed by atoms with Crippen LogP contribution in [0.2, 0.25) is 0 Å². The van der Waals surface area contributed by atoms with E-state index in [-0.39, 0.29) is 5.92 Å². The third-order valence-electron chi connectivity index (χ3n) is 7.32. The summed E-state index contributed by atoms with van der Waals surface area (Å²) in [6.07, 6.45) is 4.70. The van der Waals surface area contributed by atoms with Crippen molar-refractivity contribution in [1.29, 1.82) is 0 Å². The van der Waals surface area contributed by atoms with Gasteiger partial charge in [0.25, 0.3) is 0 Å². The molecule has 182 valence electrons. The number of benzene rings is 5. The van der Waals surface area contributed by atoms with Gasteiger partial charge in [0.2, 0.25) is 0 Å². The first-order valence-electron chi connectivity index (χ1n) is 13.2. The fraction of sp³-hybridized carbons (Fsp3) is 0.0526. The predicted molar refractivity (Wildman–Crippen MR) is 163 cm³/mol. The molecule has 0 heteroatoms. The number of hydrogen-bond acceptors (Lipinski definition) is 0. The summed E-state index contributed by atoms with van der Waals surface area (Å²) in [5.41, 5.74) is 12.7. The second kappa shape index (κ2) is 10.7. The fourth-order valence-electron chi connectivity index (χ4n) is 5.63. The Morgan fingerprint density at radius 1 is 0.526 bits per heavy atom. The van der Waals surface area contributed by atoms with Crippen LogP contribution in [0.25, 0.3) is 28.9 Å². The van der Waals surface area contributed by atoms with Crippen molar-refractivity contribution in [3.05, 3.63) is 185 Å². The molecule has 1 atom stereocenters. The largest absolute Gasteiger partial charge is 0.0622 e. The van der Waals surface area contributed by atoms with Crippen molar-refractivity contribution >= 4 is 28.9 Å². The summed E-state index contributed by atoms with van der Waals surface area (Å²) in [5, 5.41) is 0. The van der Waals surface area contributed by atoms with Crippen LogP contribution in [0.4, 0.5) is 0 Å². The van der Waals surface area contributed by atoms with Crippen molar-refractivity contribution in [3.8, 4) is 0 Å². The number of rotatable bonds is 6. The van der Waals surface area contributed by atoms with Crippen LogP contribution in [0.5, 0.6) is 0 Å². The van der Waals surface area contributed by atoms with Crippen molar-refractivity contribution in [2.45, 2.75) is 12.8 Å². The first kappa shape index (κ1) is 23.7. The van der Waals surface area contributed by atoms with Crippen LogP contribution in [-0.2, 0) is 0 Å². The molecule has 5 aromatic carbocycles. The van der Waals surface area contributed by atoms with Crippen molar-refractivity contribution in [3.63, 3.8) is 0 Å². The Hall–Kier alpha value is -4.68. The molecule has 0 N–H and O–H groups in total. The zero-order chi connectivity index (χ0) is 25.7. The summed E-state index contributed by atoms with van der Waals surface area (Å²) < 4.78 is 0. The van der Waals surface area contributed by atoms with Gasteiger partial charge in [-0.3, -0.25) is 0 Å². The first-order chi connectivity index (χ1) is 18.8. The molecule has 6 rings (SSSR count). The number of allylic oxidation sites excluding steroid dienone is 4. The van der Waals surface area contributed by atoms with Gasteiger partial charge in [-0.25, -0.2) is 0 Å². The van der Waals surface area contributed by atoms with Gasteiger partial charge >= 0.3 is 0 Å². The average Bonchev–Trinajstić information content (AvgIpc) is 3.32. The molecule has 0 saturated heterocycles. The van der Waals surface area contributed by atoms with Crippen LogP contribution in [0.3, 0.4) is 0 Å². The van der Waals surface area contributed by atoms with Crippen LogP contribution < -0.4 is 0 Å². The van der Waals surface area contributed by atoms with E-state index in [1.54, 1.807) is 0 Å². The summed E-state index contributed by atoms with van der Waals surface area (Å²) in [5.74, 6) is 0.159. The smallest absolute Gasteiger partial charge is 0.0317 e. The van der Waals surface area contributed by atoms with Crippen molar-refractivity contribution in [1.82, 2.24) is 0 Å². The third-order valence-corrected chi connectivity index (χ3v) is 7.32. The van der Waals surface area contributed by atoms with Crippen LogP contribution in [0, 0.1) is 0 Å². The lowest BCUT2D eigenvalue weighted by Gasteiger charge is -2.26. The van der Waals surface area contributed by atoms with E-state index in [2.05, 4.69) is 165 Å². The van der Waals surface area contributed by atoms with Crippen molar-refractivity contribution in [2.75, 3.05) is 0 Å². The molecule has 0 fully saturated rings. The van der Waals surface area contributed by atoms with Gasteiger partial charge in [0.1, 0.15) is 0 Å². The Balaban J connectivity index is 1.75. The van der Waals surface area contributed by atoms with Gasteiger partial charge < -0.3 is 0 Å². The molecule has 0 spiro atoms. The SMILES string of the molecule is CC1=Cc2ccccc2C1C(=C(C(=Cc1ccccc1)c1ccccc1)c1ccccc1)c1ccccc1. The summed E-state index contributed by atoms with van der Waals surface area (Å²) in [6.45, 7) is 2.28. The number of fused-ring (bicyclic) bond motifs is 1. The minimum atomic E-state index is 0.159. The maximum Gasteiger partial charge on any atom is 0.0317 e. The second-order valence-electron chi connectivity index (χ2n) is 9.81. The Kier molecular flexibility index (Phi) is 6.70. The van der Waals surface area contributed by atoms with E-state index < -0.39 is 0 Å². The fourth-order valence-corrected chi connectivity index (χ4v) is 5.63. The van der Waals surface area contributed by atoms with Gasteiger partial charge in [-0.15, -0.1) is 0 Å². The lowest BCUT2D eigenvalue weighted by Crippen LogP contribution is -2.06. The van der Waals surface area contributed by atoms with Gasteiger partial charge in [-0.1, -0.05) is 157 Å². The summed E-state index contributed by atoms with van der Waals surface area (Å²) in [4.78, 5) is 0. The Morgan fingerprint density at radius 3 is 1.66 bits per heavy atom. The van der Waals surface area contributed by atoms with Crippen molar-refractivity contribution in [2.24, 2.45) is 0 Å². The zero-order valence-corrected chi connectivity index (χ0v) is 21.6. The second-order valence-corrected chi connectivity index (χ2v) is 9.81. The summed E-state index contributed by atoms with van der Waals surface area (Å²) >= 11 is 0. The molecular weight excluding hydrogens is 456 g/mol. The maximum absolute atomic E-state index is 2.36. The predicted octanol–water partition coefficient (Wildman–Crippen LogP) is 10.0. The molecule has 0 bridgehead atoms. The van der Waals surface area contributed by atoms with Gasteiger partial charge in [0.15, 0.2) is 0 Å². The summed E-state index contributed by atoms with van der Waals surface area (Å²) in [7, 11) is 0. The van der Waals surface area contributed by atoms with Gasteiger partial charge in [-0.05, 0) is 63.1 Å². The van der Waals surface area contributed by atoms with Gasteiger partial charge in [0.05, 0.1) is 0 Å². The average molecular weight is 487 g/mol. The van der Waals surface area contributed by atoms with E-state index in [0.29, 0.717) is 0 Å².